The molecule has 1 amide bonds. The lowest BCUT2D eigenvalue weighted by Gasteiger charge is -2.60. The third-order valence-electron chi connectivity index (χ3n) is 11.5. The minimum absolute atomic E-state index is 0.0178. The molecule has 56 heavy (non-hydrogen) atoms. The standard InChI is InChI=1S/C44H49N3O9/c1-3-20-55-44-40(47(43(51)30-13-10-28(25-45)11-14-30)26-29-12-16-38-39(21-29)54-27-53-38)24-36(46-52-2)34-22-31(8-4-6-18-48)33(9-5-7-19-49)41(42(34)44)35-23-32(50)15-17-37(35)56-44/h3,10-17,21-23,31,33,40-42,48-50H,1,4-9,18-20,24,26-27H2,2H3. The van der Waals surface area contributed by atoms with Crippen LogP contribution in [-0.4, -0.2) is 77.4 Å². The number of hydrogen-bond donors (Lipinski definition) is 3. The molecule has 0 radical (unpaired) electrons. The van der Waals surface area contributed by atoms with Crippen molar-refractivity contribution in [2.45, 2.75) is 69.2 Å². The Kier molecular flexibility index (Phi) is 12.0. The van der Waals surface area contributed by atoms with E-state index in [0.29, 0.717) is 46.9 Å². The van der Waals surface area contributed by atoms with Gasteiger partial charge in [0.2, 0.25) is 12.6 Å². The van der Waals surface area contributed by atoms with E-state index in [1.54, 1.807) is 53.4 Å². The third kappa shape index (κ3) is 7.46. The Morgan fingerprint density at radius 1 is 1.02 bits per heavy atom. The summed E-state index contributed by atoms with van der Waals surface area (Å²) in [7, 11) is 1.51. The lowest BCUT2D eigenvalue weighted by atomic mass is 9.55. The van der Waals surface area contributed by atoms with Crippen LogP contribution >= 0.6 is 0 Å². The number of benzene rings is 3. The quantitative estimate of drug-likeness (QED) is 0.0824. The van der Waals surface area contributed by atoms with Crippen molar-refractivity contribution < 1.29 is 43.9 Å². The molecule has 1 saturated carbocycles. The highest BCUT2D eigenvalue weighted by atomic mass is 16.7. The van der Waals surface area contributed by atoms with Gasteiger partial charge in [-0.1, -0.05) is 36.2 Å². The van der Waals surface area contributed by atoms with Crippen LogP contribution in [0.25, 0.3) is 0 Å². The van der Waals surface area contributed by atoms with Gasteiger partial charge in [-0.2, -0.15) is 5.26 Å². The van der Waals surface area contributed by atoms with E-state index in [1.807, 2.05) is 18.2 Å². The number of fused-ring (bicyclic) bond motifs is 3. The van der Waals surface area contributed by atoms with Crippen LogP contribution in [0.3, 0.4) is 0 Å². The van der Waals surface area contributed by atoms with Crippen molar-refractivity contribution in [3.8, 4) is 29.1 Å². The zero-order valence-corrected chi connectivity index (χ0v) is 31.6. The lowest BCUT2D eigenvalue weighted by Crippen LogP contribution is -2.70. The second-order valence-corrected chi connectivity index (χ2v) is 14.8. The molecular formula is C44H49N3O9. The summed E-state index contributed by atoms with van der Waals surface area (Å²) >= 11 is 0. The second-order valence-electron chi connectivity index (χ2n) is 14.8. The van der Waals surface area contributed by atoms with Gasteiger partial charge >= 0.3 is 0 Å². The Hall–Kier alpha value is -5.35. The molecule has 2 aliphatic carbocycles. The van der Waals surface area contributed by atoms with Crippen LogP contribution in [0, 0.1) is 29.1 Å². The van der Waals surface area contributed by atoms with Gasteiger partial charge in [0.25, 0.3) is 5.91 Å². The number of nitrogens with zero attached hydrogens (tertiary/aromatic N) is 3. The van der Waals surface area contributed by atoms with Crippen molar-refractivity contribution in [2.24, 2.45) is 22.9 Å². The molecule has 294 valence electrons. The van der Waals surface area contributed by atoms with Crippen LogP contribution < -0.4 is 14.2 Å². The minimum Gasteiger partial charge on any atom is -0.508 e. The van der Waals surface area contributed by atoms with Gasteiger partial charge in [0, 0.05) is 43.2 Å². The maximum atomic E-state index is 15.1. The molecule has 0 spiro atoms. The number of phenolic OH excluding ortho intramolecular Hbond substituents is 1. The molecule has 0 bridgehead atoms. The van der Waals surface area contributed by atoms with E-state index < -0.39 is 17.7 Å². The Morgan fingerprint density at radius 3 is 2.50 bits per heavy atom. The monoisotopic (exact) mass is 763 g/mol. The van der Waals surface area contributed by atoms with Gasteiger partial charge in [-0.25, -0.2) is 0 Å². The number of allylic oxidation sites excluding steroid dienone is 1. The van der Waals surface area contributed by atoms with Gasteiger partial charge in [-0.3, -0.25) is 4.79 Å². The highest BCUT2D eigenvalue weighted by molar-refractivity contribution is 6.03. The van der Waals surface area contributed by atoms with Crippen LogP contribution in [-0.2, 0) is 16.1 Å². The van der Waals surface area contributed by atoms with Crippen LogP contribution in [0.1, 0.15) is 77.9 Å². The Balaban J connectivity index is 1.45. The number of aliphatic hydroxyl groups is 2. The Morgan fingerprint density at radius 2 is 1.77 bits per heavy atom. The predicted molar refractivity (Wildman–Crippen MR) is 207 cm³/mol. The summed E-state index contributed by atoms with van der Waals surface area (Å²) in [4.78, 5) is 22.4. The molecule has 3 aromatic carbocycles. The lowest BCUT2D eigenvalue weighted by molar-refractivity contribution is -0.255. The molecule has 4 aliphatic rings. The number of hydrogen-bond acceptors (Lipinski definition) is 11. The zero-order chi connectivity index (χ0) is 39.2. The zero-order valence-electron chi connectivity index (χ0n) is 31.6. The van der Waals surface area contributed by atoms with Crippen molar-refractivity contribution in [3.63, 3.8) is 0 Å². The van der Waals surface area contributed by atoms with E-state index in [9.17, 15) is 20.6 Å². The van der Waals surface area contributed by atoms with Crippen LogP contribution in [0.4, 0.5) is 0 Å². The molecule has 3 N–H and O–H groups in total. The molecule has 2 heterocycles. The molecule has 0 saturated heterocycles. The van der Waals surface area contributed by atoms with Crippen molar-refractivity contribution >= 4 is 11.6 Å². The van der Waals surface area contributed by atoms with Gasteiger partial charge in [0.05, 0.1) is 29.9 Å². The number of unbranched alkanes of at least 4 members (excludes halogenated alkanes) is 2. The number of oxime groups is 1. The van der Waals surface area contributed by atoms with Gasteiger partial charge in [-0.15, -0.1) is 6.58 Å². The number of carbonyl (C=O) groups is 1. The molecule has 12 heteroatoms. The van der Waals surface area contributed by atoms with Gasteiger partial charge in [0.15, 0.2) is 11.5 Å². The first-order chi connectivity index (χ1) is 27.3. The van der Waals surface area contributed by atoms with E-state index in [4.69, 9.17) is 23.8 Å². The first-order valence-corrected chi connectivity index (χ1v) is 19.4. The average molecular weight is 764 g/mol. The number of aliphatic hydroxyl groups excluding tert-OH is 2. The fourth-order valence-corrected chi connectivity index (χ4v) is 9.18. The summed E-state index contributed by atoms with van der Waals surface area (Å²) in [6, 6.07) is 18.6. The smallest absolute Gasteiger partial charge is 0.254 e. The summed E-state index contributed by atoms with van der Waals surface area (Å²) in [5, 5.41) is 44.7. The van der Waals surface area contributed by atoms with Crippen LogP contribution in [0.5, 0.6) is 23.0 Å². The predicted octanol–water partition coefficient (Wildman–Crippen LogP) is 6.60. The average Bonchev–Trinajstić information content (AvgIpc) is 3.69. The highest BCUT2D eigenvalue weighted by Crippen LogP contribution is 2.62. The maximum Gasteiger partial charge on any atom is 0.254 e. The molecule has 12 nitrogen and oxygen atoms in total. The molecule has 3 aromatic rings. The van der Waals surface area contributed by atoms with E-state index >= 15 is 4.79 Å². The number of rotatable bonds is 16. The summed E-state index contributed by atoms with van der Waals surface area (Å²) in [6.45, 7) is 4.50. The molecule has 6 unspecified atom stereocenters. The van der Waals surface area contributed by atoms with E-state index in [0.717, 1.165) is 42.4 Å². The van der Waals surface area contributed by atoms with Crippen molar-refractivity contribution in [2.75, 3.05) is 33.7 Å². The largest absolute Gasteiger partial charge is 0.508 e. The normalized spacial score (nSPS) is 24.9. The van der Waals surface area contributed by atoms with Crippen molar-refractivity contribution in [3.05, 3.63) is 107 Å². The molecular weight excluding hydrogens is 714 g/mol. The highest BCUT2D eigenvalue weighted by Gasteiger charge is 2.65. The van der Waals surface area contributed by atoms with Crippen molar-refractivity contribution in [1.82, 2.24) is 4.90 Å². The molecule has 6 atom stereocenters. The van der Waals surface area contributed by atoms with E-state index in [2.05, 4.69) is 23.9 Å². The first-order valence-electron chi connectivity index (χ1n) is 19.4. The molecule has 7 rings (SSSR count). The molecule has 0 aromatic heterocycles. The SMILES string of the molecule is C=CCOC12Oc3ccc(O)cc3C3C(CCCCO)C(CCCCO)C=C(C(=NOC)CC1N(Cc1ccc4c(c1)OCO4)C(=O)c1ccc(C#N)cc1)C32. The number of ether oxygens (including phenoxy) is 4. The van der Waals surface area contributed by atoms with E-state index in [1.165, 1.54) is 7.11 Å². The summed E-state index contributed by atoms with van der Waals surface area (Å²) in [5.74, 6) is -0.658. The molecule has 1 fully saturated rings. The Bertz CT molecular complexity index is 2010. The maximum absolute atomic E-state index is 15.1. The van der Waals surface area contributed by atoms with Gasteiger partial charge in [0.1, 0.15) is 24.7 Å². The first kappa shape index (κ1) is 38.9. The second kappa shape index (κ2) is 17.2. The minimum atomic E-state index is -1.48. The molecule has 2 aliphatic heterocycles. The summed E-state index contributed by atoms with van der Waals surface area (Å²) < 4.78 is 25.5. The number of carbonyl (C=O) groups excluding carboxylic acids is 1. The Labute approximate surface area is 327 Å². The van der Waals surface area contributed by atoms with Gasteiger partial charge in [-0.05, 0) is 103 Å². The van der Waals surface area contributed by atoms with Crippen LogP contribution in [0.2, 0.25) is 0 Å². The third-order valence-corrected chi connectivity index (χ3v) is 11.5. The van der Waals surface area contributed by atoms with Crippen molar-refractivity contribution in [1.29, 1.82) is 5.26 Å². The number of nitriles is 1. The van der Waals surface area contributed by atoms with E-state index in [-0.39, 0.29) is 69.0 Å². The fraction of sp³-hybridized carbons (Fsp3) is 0.432. The summed E-state index contributed by atoms with van der Waals surface area (Å²) in [5.41, 5.74) is 3.97. The van der Waals surface area contributed by atoms with Crippen LogP contribution in [0.15, 0.2) is 90.1 Å². The fourth-order valence-electron chi connectivity index (χ4n) is 9.18. The number of phenols is 1. The summed E-state index contributed by atoms with van der Waals surface area (Å²) in [6.07, 6.45) is 8.61. The topological polar surface area (TPSA) is 163 Å². The number of amides is 1. The van der Waals surface area contributed by atoms with Gasteiger partial charge < -0.3 is 44.0 Å². The number of aromatic hydroxyl groups is 1.